The summed E-state index contributed by atoms with van der Waals surface area (Å²) in [4.78, 5) is 23.2. The van der Waals surface area contributed by atoms with E-state index < -0.39 is 38.5 Å². The Labute approximate surface area is 166 Å². The molecule has 3 rings (SSSR count). The summed E-state index contributed by atoms with van der Waals surface area (Å²) in [6.45, 7) is -0.419. The Balaban J connectivity index is 1.55. The zero-order valence-corrected chi connectivity index (χ0v) is 16.3. The van der Waals surface area contributed by atoms with Crippen LogP contribution in [0.3, 0.4) is 0 Å². The number of alkyl halides is 3. The van der Waals surface area contributed by atoms with Gasteiger partial charge in [-0.25, -0.2) is 8.42 Å². The van der Waals surface area contributed by atoms with Gasteiger partial charge >= 0.3 is 12.1 Å². The van der Waals surface area contributed by atoms with Gasteiger partial charge in [-0.15, -0.1) is 0 Å². The van der Waals surface area contributed by atoms with Crippen LogP contribution in [0.5, 0.6) is 0 Å². The monoisotopic (exact) mass is 434 g/mol. The van der Waals surface area contributed by atoms with E-state index in [1.807, 2.05) is 0 Å². The zero-order chi connectivity index (χ0) is 21.2. The summed E-state index contributed by atoms with van der Waals surface area (Å²) in [6, 6.07) is 3.73. The number of hydrogen-bond donors (Lipinski definition) is 1. The molecule has 2 aliphatic rings. The summed E-state index contributed by atoms with van der Waals surface area (Å²) >= 11 is 0. The van der Waals surface area contributed by atoms with Crippen molar-refractivity contribution in [3.05, 3.63) is 29.8 Å². The van der Waals surface area contributed by atoms with Crippen molar-refractivity contribution in [2.45, 2.75) is 42.8 Å². The van der Waals surface area contributed by atoms with Crippen LogP contribution in [0, 0.1) is 5.92 Å². The van der Waals surface area contributed by atoms with Crippen molar-refractivity contribution in [2.75, 3.05) is 19.7 Å². The fourth-order valence-corrected chi connectivity index (χ4v) is 4.58. The molecule has 1 N–H and O–H groups in total. The minimum absolute atomic E-state index is 0.0212. The maximum Gasteiger partial charge on any atom is 0.416 e. The van der Waals surface area contributed by atoms with Crippen molar-refractivity contribution >= 4 is 21.9 Å². The first-order valence-corrected chi connectivity index (χ1v) is 10.6. The standard InChI is InChI=1S/C18H21F3N2O5S/c19-18(20,21)13-2-1-3-15(10-13)29(26,27)23-8-6-12(7-9-23)17(25)28-11-16(24)22-14-4-5-14/h1-3,10,12,14H,4-9,11H2,(H,22,24). The fourth-order valence-electron chi connectivity index (χ4n) is 3.07. The maximum absolute atomic E-state index is 12.9. The van der Waals surface area contributed by atoms with E-state index >= 15 is 0 Å². The van der Waals surface area contributed by atoms with E-state index in [9.17, 15) is 31.2 Å². The van der Waals surface area contributed by atoms with Crippen LogP contribution in [0.1, 0.15) is 31.2 Å². The maximum atomic E-state index is 12.9. The highest BCUT2D eigenvalue weighted by Crippen LogP contribution is 2.32. The minimum atomic E-state index is -4.64. The number of nitrogens with one attached hydrogen (secondary N) is 1. The lowest BCUT2D eigenvalue weighted by atomic mass is 9.98. The normalized spacial score (nSPS) is 19.0. The van der Waals surface area contributed by atoms with E-state index in [2.05, 4.69) is 5.32 Å². The summed E-state index contributed by atoms with van der Waals surface area (Å²) < 4.78 is 69.9. The molecule has 1 saturated carbocycles. The number of carbonyl (C=O) groups is 2. The van der Waals surface area contributed by atoms with Gasteiger partial charge in [-0.2, -0.15) is 17.5 Å². The van der Waals surface area contributed by atoms with Gasteiger partial charge in [-0.1, -0.05) is 6.07 Å². The molecule has 1 saturated heterocycles. The van der Waals surface area contributed by atoms with E-state index in [0.717, 1.165) is 35.3 Å². The summed E-state index contributed by atoms with van der Waals surface area (Å²) in [5, 5.41) is 2.69. The first-order valence-electron chi connectivity index (χ1n) is 9.21. The smallest absolute Gasteiger partial charge is 0.416 e. The molecule has 1 aromatic carbocycles. The molecule has 0 aromatic heterocycles. The third kappa shape index (κ3) is 5.47. The summed E-state index contributed by atoms with van der Waals surface area (Å²) in [7, 11) is -4.11. The second kappa shape index (κ2) is 8.31. The van der Waals surface area contributed by atoms with Crippen LogP contribution in [0.2, 0.25) is 0 Å². The number of piperidine rings is 1. The van der Waals surface area contributed by atoms with Gasteiger partial charge in [0.15, 0.2) is 6.61 Å². The van der Waals surface area contributed by atoms with Crippen molar-refractivity contribution in [1.29, 1.82) is 0 Å². The summed E-state index contributed by atoms with van der Waals surface area (Å²) in [5.74, 6) is -1.51. The van der Waals surface area contributed by atoms with Gasteiger partial charge in [0.1, 0.15) is 0 Å². The topological polar surface area (TPSA) is 92.8 Å². The summed E-state index contributed by atoms with van der Waals surface area (Å²) in [5.41, 5.74) is -1.04. The molecule has 7 nitrogen and oxygen atoms in total. The average molecular weight is 434 g/mol. The Morgan fingerprint density at radius 1 is 1.14 bits per heavy atom. The van der Waals surface area contributed by atoms with Crippen molar-refractivity contribution in [1.82, 2.24) is 9.62 Å². The van der Waals surface area contributed by atoms with Crippen LogP contribution < -0.4 is 5.32 Å². The van der Waals surface area contributed by atoms with Crippen LogP contribution >= 0.6 is 0 Å². The summed E-state index contributed by atoms with van der Waals surface area (Å²) in [6.07, 6.45) is -2.48. The number of hydrogen-bond acceptors (Lipinski definition) is 5. The number of sulfonamides is 1. The molecule has 1 aliphatic heterocycles. The Morgan fingerprint density at radius 2 is 1.79 bits per heavy atom. The fraction of sp³-hybridized carbons (Fsp3) is 0.556. The molecule has 2 fully saturated rings. The second-order valence-corrected chi connectivity index (χ2v) is 9.09. The average Bonchev–Trinajstić information content (AvgIpc) is 3.49. The van der Waals surface area contributed by atoms with Gasteiger partial charge in [0.05, 0.1) is 16.4 Å². The molecule has 1 amide bonds. The lowest BCUT2D eigenvalue weighted by Crippen LogP contribution is -2.41. The Bertz CT molecular complexity index is 876. The second-order valence-electron chi connectivity index (χ2n) is 7.15. The van der Waals surface area contributed by atoms with Crippen molar-refractivity contribution < 1.29 is 35.9 Å². The van der Waals surface area contributed by atoms with Crippen LogP contribution in [-0.4, -0.2) is 50.3 Å². The van der Waals surface area contributed by atoms with Gasteiger partial charge in [0.2, 0.25) is 10.0 Å². The van der Waals surface area contributed by atoms with Crippen molar-refractivity contribution in [3.8, 4) is 0 Å². The van der Waals surface area contributed by atoms with Gasteiger partial charge in [-0.05, 0) is 43.9 Å². The minimum Gasteiger partial charge on any atom is -0.455 e. The molecule has 0 radical (unpaired) electrons. The van der Waals surface area contributed by atoms with Gasteiger partial charge in [0.25, 0.3) is 5.91 Å². The molecule has 0 bridgehead atoms. The van der Waals surface area contributed by atoms with Crippen LogP contribution in [-0.2, 0) is 30.5 Å². The third-order valence-corrected chi connectivity index (χ3v) is 6.77. The van der Waals surface area contributed by atoms with Gasteiger partial charge in [-0.3, -0.25) is 9.59 Å². The Morgan fingerprint density at radius 3 is 2.38 bits per heavy atom. The Kier molecular flexibility index (Phi) is 6.18. The van der Waals surface area contributed by atoms with E-state index in [4.69, 9.17) is 4.74 Å². The van der Waals surface area contributed by atoms with Crippen LogP contribution in [0.4, 0.5) is 13.2 Å². The highest BCUT2D eigenvalue weighted by atomic mass is 32.2. The number of amides is 1. The number of benzene rings is 1. The molecule has 1 aliphatic carbocycles. The molecule has 160 valence electrons. The Hall–Kier alpha value is -2.14. The van der Waals surface area contributed by atoms with Crippen molar-refractivity contribution in [2.24, 2.45) is 5.92 Å². The van der Waals surface area contributed by atoms with E-state index in [-0.39, 0.29) is 44.5 Å². The predicted octanol–water partition coefficient (Wildman–Crippen LogP) is 1.93. The molecule has 0 spiro atoms. The SMILES string of the molecule is O=C(COC(=O)C1CCN(S(=O)(=O)c2cccc(C(F)(F)F)c2)CC1)NC1CC1. The van der Waals surface area contributed by atoms with Crippen molar-refractivity contribution in [3.63, 3.8) is 0 Å². The third-order valence-electron chi connectivity index (χ3n) is 4.87. The number of nitrogens with zero attached hydrogens (tertiary/aromatic N) is 1. The lowest BCUT2D eigenvalue weighted by Gasteiger charge is -2.30. The molecule has 1 aromatic rings. The van der Waals surface area contributed by atoms with E-state index in [0.29, 0.717) is 6.07 Å². The molecule has 0 atom stereocenters. The molecule has 29 heavy (non-hydrogen) atoms. The number of esters is 1. The van der Waals surface area contributed by atoms with Gasteiger partial charge < -0.3 is 10.1 Å². The molecule has 0 unspecified atom stereocenters. The molecule has 1 heterocycles. The number of halogens is 3. The largest absolute Gasteiger partial charge is 0.455 e. The quantitative estimate of drug-likeness (QED) is 0.691. The van der Waals surface area contributed by atoms with E-state index in [1.165, 1.54) is 0 Å². The number of rotatable bonds is 6. The van der Waals surface area contributed by atoms with Crippen LogP contribution in [0.15, 0.2) is 29.2 Å². The molecule has 11 heteroatoms. The number of carbonyl (C=O) groups excluding carboxylic acids is 2. The highest BCUT2D eigenvalue weighted by Gasteiger charge is 2.35. The van der Waals surface area contributed by atoms with Gasteiger partial charge in [0, 0.05) is 19.1 Å². The van der Waals surface area contributed by atoms with Crippen LogP contribution in [0.25, 0.3) is 0 Å². The zero-order valence-electron chi connectivity index (χ0n) is 15.4. The highest BCUT2D eigenvalue weighted by molar-refractivity contribution is 7.89. The lowest BCUT2D eigenvalue weighted by molar-refractivity contribution is -0.153. The first-order chi connectivity index (χ1) is 13.6. The number of ether oxygens (including phenoxy) is 1. The first kappa shape index (κ1) is 21.6. The molecular formula is C18H21F3N2O5S. The predicted molar refractivity (Wildman–Crippen MR) is 95.1 cm³/mol. The molecular weight excluding hydrogens is 413 g/mol. The van der Waals surface area contributed by atoms with E-state index in [1.54, 1.807) is 0 Å².